The minimum Gasteiger partial charge on any atom is -0.313 e. The average Bonchev–Trinajstić information content (AvgIpc) is 3.15. The molecule has 3 rings (SSSR count). The lowest BCUT2D eigenvalue weighted by molar-refractivity contribution is 0.0979. The third-order valence-corrected chi connectivity index (χ3v) is 5.47. The third kappa shape index (κ3) is 3.93. The zero-order valence-corrected chi connectivity index (χ0v) is 12.6. The van der Waals surface area contributed by atoms with Crippen molar-refractivity contribution in [2.24, 2.45) is 5.92 Å². The maximum Gasteiger partial charge on any atom is 0.0113 e. The average molecular weight is 265 g/mol. The van der Waals surface area contributed by atoms with Crippen LogP contribution in [-0.2, 0) is 0 Å². The fourth-order valence-electron chi connectivity index (χ4n) is 3.83. The molecule has 0 aromatic rings. The van der Waals surface area contributed by atoms with Gasteiger partial charge in [-0.15, -0.1) is 0 Å². The quantitative estimate of drug-likeness (QED) is 0.792. The van der Waals surface area contributed by atoms with Crippen molar-refractivity contribution in [3.05, 3.63) is 0 Å². The van der Waals surface area contributed by atoms with Gasteiger partial charge in [-0.2, -0.15) is 0 Å². The Bertz CT molecular complexity index is 260. The van der Waals surface area contributed by atoms with Crippen LogP contribution in [0.1, 0.15) is 45.4 Å². The summed E-state index contributed by atoms with van der Waals surface area (Å²) in [4.78, 5) is 5.40. The lowest BCUT2D eigenvalue weighted by atomic mass is 10.2. The van der Waals surface area contributed by atoms with Crippen molar-refractivity contribution < 1.29 is 0 Å². The summed E-state index contributed by atoms with van der Waals surface area (Å²) in [5.74, 6) is 0.985. The van der Waals surface area contributed by atoms with Gasteiger partial charge in [0.1, 0.15) is 0 Å². The van der Waals surface area contributed by atoms with Crippen LogP contribution < -0.4 is 5.32 Å². The largest absolute Gasteiger partial charge is 0.313 e. The molecule has 1 N–H and O–H groups in total. The van der Waals surface area contributed by atoms with Crippen molar-refractivity contribution >= 4 is 0 Å². The van der Waals surface area contributed by atoms with Gasteiger partial charge in [0.2, 0.25) is 0 Å². The van der Waals surface area contributed by atoms with Crippen LogP contribution in [-0.4, -0.2) is 61.2 Å². The Balaban J connectivity index is 1.29. The fraction of sp³-hybridized carbons (Fsp3) is 1.00. The first kappa shape index (κ1) is 13.8. The van der Waals surface area contributed by atoms with E-state index in [-0.39, 0.29) is 0 Å². The van der Waals surface area contributed by atoms with Gasteiger partial charge in [-0.25, -0.2) is 0 Å². The van der Waals surface area contributed by atoms with Crippen LogP contribution in [0.25, 0.3) is 0 Å². The highest BCUT2D eigenvalue weighted by Crippen LogP contribution is 2.32. The number of rotatable bonds is 6. The van der Waals surface area contributed by atoms with Crippen molar-refractivity contribution in [3.63, 3.8) is 0 Å². The molecule has 0 spiro atoms. The van der Waals surface area contributed by atoms with Crippen molar-refractivity contribution in [3.8, 4) is 0 Å². The molecule has 1 saturated heterocycles. The fourth-order valence-corrected chi connectivity index (χ4v) is 3.83. The zero-order chi connectivity index (χ0) is 13.1. The third-order valence-electron chi connectivity index (χ3n) is 5.47. The molecule has 3 aliphatic rings. The molecule has 2 saturated carbocycles. The molecular weight excluding hydrogens is 234 g/mol. The molecule has 1 aliphatic heterocycles. The summed E-state index contributed by atoms with van der Waals surface area (Å²) in [7, 11) is 0. The highest BCUT2D eigenvalue weighted by molar-refractivity contribution is 4.84. The molecule has 0 radical (unpaired) electrons. The van der Waals surface area contributed by atoms with E-state index in [1.807, 2.05) is 0 Å². The van der Waals surface area contributed by atoms with E-state index in [1.54, 1.807) is 0 Å². The molecule has 0 aromatic carbocycles. The highest BCUT2D eigenvalue weighted by Gasteiger charge is 2.28. The first-order valence-electron chi connectivity index (χ1n) is 8.53. The van der Waals surface area contributed by atoms with Gasteiger partial charge in [-0.1, -0.05) is 12.8 Å². The van der Waals surface area contributed by atoms with E-state index in [2.05, 4.69) is 22.0 Å². The van der Waals surface area contributed by atoms with Crippen LogP contribution >= 0.6 is 0 Å². The van der Waals surface area contributed by atoms with E-state index in [0.29, 0.717) is 0 Å². The summed E-state index contributed by atoms with van der Waals surface area (Å²) in [6.45, 7) is 9.98. The van der Waals surface area contributed by atoms with Crippen molar-refractivity contribution in [2.45, 2.75) is 57.5 Å². The van der Waals surface area contributed by atoms with Gasteiger partial charge >= 0.3 is 0 Å². The molecule has 1 unspecified atom stereocenters. The predicted molar refractivity (Wildman–Crippen MR) is 80.5 cm³/mol. The molecule has 0 aromatic heterocycles. The molecule has 3 fully saturated rings. The number of nitrogens with zero attached hydrogens (tertiary/aromatic N) is 2. The highest BCUT2D eigenvalue weighted by atomic mass is 15.3. The Morgan fingerprint density at radius 3 is 2.32 bits per heavy atom. The van der Waals surface area contributed by atoms with E-state index in [9.17, 15) is 0 Å². The summed E-state index contributed by atoms with van der Waals surface area (Å²) in [5.41, 5.74) is 0. The van der Waals surface area contributed by atoms with Crippen LogP contribution in [0.15, 0.2) is 0 Å². The molecule has 3 heteroatoms. The second-order valence-corrected chi connectivity index (χ2v) is 6.90. The smallest absolute Gasteiger partial charge is 0.0113 e. The van der Waals surface area contributed by atoms with E-state index in [4.69, 9.17) is 0 Å². The van der Waals surface area contributed by atoms with Gasteiger partial charge in [0.05, 0.1) is 0 Å². The second-order valence-electron chi connectivity index (χ2n) is 6.90. The lowest BCUT2D eigenvalue weighted by Crippen LogP contribution is -2.51. The van der Waals surface area contributed by atoms with Crippen molar-refractivity contribution in [1.82, 2.24) is 15.1 Å². The molecule has 1 heterocycles. The van der Waals surface area contributed by atoms with Crippen LogP contribution in [0.4, 0.5) is 0 Å². The minimum absolute atomic E-state index is 0.750. The molecule has 0 bridgehead atoms. The Hall–Kier alpha value is -0.120. The molecule has 1 atom stereocenters. The monoisotopic (exact) mass is 265 g/mol. The summed E-state index contributed by atoms with van der Waals surface area (Å²) in [5, 5.41) is 3.70. The van der Waals surface area contributed by atoms with E-state index >= 15 is 0 Å². The summed E-state index contributed by atoms with van der Waals surface area (Å²) >= 11 is 0. The Labute approximate surface area is 118 Å². The van der Waals surface area contributed by atoms with Crippen LogP contribution in [0, 0.1) is 5.92 Å². The topological polar surface area (TPSA) is 18.5 Å². The normalized spacial score (nSPS) is 28.9. The number of nitrogens with one attached hydrogen (secondary N) is 1. The van der Waals surface area contributed by atoms with Crippen molar-refractivity contribution in [1.29, 1.82) is 0 Å². The number of hydrogen-bond donors (Lipinski definition) is 1. The van der Waals surface area contributed by atoms with Gasteiger partial charge in [-0.3, -0.25) is 9.80 Å². The summed E-state index contributed by atoms with van der Waals surface area (Å²) < 4.78 is 0. The summed E-state index contributed by atoms with van der Waals surface area (Å²) in [6.07, 6.45) is 8.76. The van der Waals surface area contributed by atoms with Gasteiger partial charge in [0.15, 0.2) is 0 Å². The lowest BCUT2D eigenvalue weighted by Gasteiger charge is -2.38. The zero-order valence-electron chi connectivity index (χ0n) is 12.6. The van der Waals surface area contributed by atoms with Crippen molar-refractivity contribution in [2.75, 3.05) is 39.3 Å². The molecule has 0 amide bonds. The summed E-state index contributed by atoms with van der Waals surface area (Å²) in [6, 6.07) is 1.68. The molecule has 19 heavy (non-hydrogen) atoms. The first-order chi connectivity index (χ1) is 9.33. The van der Waals surface area contributed by atoms with E-state index in [1.165, 1.54) is 77.8 Å². The van der Waals surface area contributed by atoms with Crippen LogP contribution in [0.2, 0.25) is 0 Å². The SMILES string of the molecule is CC(NCCN1CCN(C2CCCC2)CC1)C1CC1. The predicted octanol–water partition coefficient (Wildman–Crippen LogP) is 1.93. The van der Waals surface area contributed by atoms with E-state index in [0.717, 1.165) is 18.0 Å². The van der Waals surface area contributed by atoms with Gasteiger partial charge in [0, 0.05) is 51.4 Å². The molecule has 2 aliphatic carbocycles. The number of hydrogen-bond acceptors (Lipinski definition) is 3. The maximum atomic E-state index is 3.70. The van der Waals surface area contributed by atoms with Gasteiger partial charge in [-0.05, 0) is 38.5 Å². The van der Waals surface area contributed by atoms with Gasteiger partial charge < -0.3 is 5.32 Å². The Morgan fingerprint density at radius 1 is 1.00 bits per heavy atom. The number of piperazine rings is 1. The van der Waals surface area contributed by atoms with E-state index < -0.39 is 0 Å². The molecular formula is C16H31N3. The van der Waals surface area contributed by atoms with Gasteiger partial charge in [0.25, 0.3) is 0 Å². The standard InChI is InChI=1S/C16H31N3/c1-14(15-6-7-15)17-8-9-18-10-12-19(13-11-18)16-4-2-3-5-16/h14-17H,2-13H2,1H3. The minimum atomic E-state index is 0.750. The first-order valence-corrected chi connectivity index (χ1v) is 8.53. The second kappa shape index (κ2) is 6.55. The van der Waals surface area contributed by atoms with Crippen LogP contribution in [0.3, 0.4) is 0 Å². The molecule has 110 valence electrons. The Kier molecular flexibility index (Phi) is 4.78. The van der Waals surface area contributed by atoms with Crippen LogP contribution in [0.5, 0.6) is 0 Å². The maximum absolute atomic E-state index is 3.70. The Morgan fingerprint density at radius 2 is 1.68 bits per heavy atom. The molecule has 3 nitrogen and oxygen atoms in total.